The van der Waals surface area contributed by atoms with Gasteiger partial charge in [-0.3, -0.25) is 4.79 Å². The van der Waals surface area contributed by atoms with E-state index in [9.17, 15) is 23.1 Å². The van der Waals surface area contributed by atoms with Crippen LogP contribution in [-0.2, 0) is 19.8 Å². The maximum atomic E-state index is 13.2. The first-order valence-corrected chi connectivity index (χ1v) is 12.6. The smallest absolute Gasteiger partial charge is 0.508 e. The number of carbonyl (C=O) groups is 1. The number of aromatic hydroxyl groups is 1. The van der Waals surface area contributed by atoms with Crippen LogP contribution in [0.3, 0.4) is 0 Å². The molecular formula is C28H32F3NO5. The molecule has 1 spiro atoms. The van der Waals surface area contributed by atoms with E-state index in [2.05, 4.69) is 10.1 Å². The Bertz CT molecular complexity index is 1160. The summed E-state index contributed by atoms with van der Waals surface area (Å²) in [6, 6.07) is 13.3. The van der Waals surface area contributed by atoms with Crippen LogP contribution >= 0.6 is 0 Å². The van der Waals surface area contributed by atoms with Crippen LogP contribution in [0.1, 0.15) is 63.5 Å². The summed E-state index contributed by atoms with van der Waals surface area (Å²) in [4.78, 5) is 13.2. The lowest BCUT2D eigenvalue weighted by Crippen LogP contribution is -2.61. The Morgan fingerprint density at radius 2 is 1.84 bits per heavy atom. The SMILES string of the molecule is CC(C)(C)OC(=O)C1CC2(c3ccccc3)NC1CCC21CC(c2cc(OC(F)(F)F)ccc2O)CO1. The highest BCUT2D eigenvalue weighted by Crippen LogP contribution is 2.59. The predicted octanol–water partition coefficient (Wildman–Crippen LogP) is 5.54. The molecule has 37 heavy (non-hydrogen) atoms. The first-order chi connectivity index (χ1) is 17.3. The highest BCUT2D eigenvalue weighted by molar-refractivity contribution is 5.75. The number of phenols is 1. The molecule has 5 unspecified atom stereocenters. The van der Waals surface area contributed by atoms with Gasteiger partial charge in [0.25, 0.3) is 0 Å². The summed E-state index contributed by atoms with van der Waals surface area (Å²) in [5.41, 5.74) is -0.681. The molecule has 6 nitrogen and oxygen atoms in total. The average molecular weight is 520 g/mol. The molecule has 0 amide bonds. The van der Waals surface area contributed by atoms with E-state index in [0.29, 0.717) is 31.2 Å². The molecule has 5 rings (SSSR count). The maximum absolute atomic E-state index is 13.2. The van der Waals surface area contributed by atoms with E-state index >= 15 is 0 Å². The monoisotopic (exact) mass is 519 g/mol. The van der Waals surface area contributed by atoms with E-state index in [4.69, 9.17) is 9.47 Å². The zero-order chi connectivity index (χ0) is 26.6. The van der Waals surface area contributed by atoms with Crippen molar-refractivity contribution in [2.75, 3.05) is 6.61 Å². The minimum Gasteiger partial charge on any atom is -0.508 e. The van der Waals surface area contributed by atoms with Gasteiger partial charge in [0.1, 0.15) is 17.1 Å². The molecule has 200 valence electrons. The van der Waals surface area contributed by atoms with Gasteiger partial charge in [-0.2, -0.15) is 0 Å². The molecule has 5 atom stereocenters. The summed E-state index contributed by atoms with van der Waals surface area (Å²) in [5.74, 6) is -1.45. The Hall–Kier alpha value is -2.78. The molecule has 0 saturated carbocycles. The van der Waals surface area contributed by atoms with Gasteiger partial charge in [-0.05, 0) is 70.2 Å². The number of piperidine rings is 1. The number of phenolic OH excluding ortho intramolecular Hbond substituents is 1. The number of alkyl halides is 3. The third kappa shape index (κ3) is 4.79. The standard InChI is InChI=1S/C28H32F3NO5/c1-25(2,3)37-24(34)21-15-27(18-7-5-4-6-8-18)26(12-11-22(21)32-27)14-17(16-35-26)20-13-19(9-10-23(20)33)36-28(29,30)31/h4-10,13,17,21-22,32-33H,11-12,14-16H2,1-3H3. The Balaban J connectivity index is 1.49. The predicted molar refractivity (Wildman–Crippen MR) is 129 cm³/mol. The van der Waals surface area contributed by atoms with Gasteiger partial charge in [0.2, 0.25) is 0 Å². The van der Waals surface area contributed by atoms with Crippen LogP contribution in [0.5, 0.6) is 11.5 Å². The molecule has 2 bridgehead atoms. The Morgan fingerprint density at radius 3 is 2.51 bits per heavy atom. The number of esters is 1. The Morgan fingerprint density at radius 1 is 1.11 bits per heavy atom. The molecular weight excluding hydrogens is 487 g/mol. The molecule has 3 aliphatic rings. The highest BCUT2D eigenvalue weighted by atomic mass is 19.4. The molecule has 2 aromatic carbocycles. The van der Waals surface area contributed by atoms with Crippen LogP contribution in [0.4, 0.5) is 13.2 Å². The van der Waals surface area contributed by atoms with Crippen molar-refractivity contribution in [2.24, 2.45) is 5.92 Å². The van der Waals surface area contributed by atoms with Gasteiger partial charge in [0.05, 0.1) is 23.7 Å². The third-order valence-corrected chi connectivity index (χ3v) is 7.87. The second-order valence-corrected chi connectivity index (χ2v) is 11.4. The fourth-order valence-corrected chi connectivity index (χ4v) is 6.46. The summed E-state index contributed by atoms with van der Waals surface area (Å²) < 4.78 is 54.9. The van der Waals surface area contributed by atoms with E-state index in [-0.39, 0.29) is 42.0 Å². The first-order valence-electron chi connectivity index (χ1n) is 12.6. The van der Waals surface area contributed by atoms with Crippen molar-refractivity contribution in [3.63, 3.8) is 0 Å². The summed E-state index contributed by atoms with van der Waals surface area (Å²) in [7, 11) is 0. The van der Waals surface area contributed by atoms with Gasteiger partial charge in [-0.1, -0.05) is 30.3 Å². The van der Waals surface area contributed by atoms with E-state index in [1.807, 2.05) is 51.1 Å². The Labute approximate surface area is 214 Å². The molecule has 2 aromatic rings. The average Bonchev–Trinajstić information content (AvgIpc) is 3.38. The van der Waals surface area contributed by atoms with Crippen molar-refractivity contribution in [3.8, 4) is 11.5 Å². The summed E-state index contributed by atoms with van der Waals surface area (Å²) in [6.45, 7) is 5.77. The topological polar surface area (TPSA) is 77.0 Å². The molecule has 0 radical (unpaired) electrons. The number of nitrogens with one attached hydrogen (secondary N) is 1. The van der Waals surface area contributed by atoms with Crippen LogP contribution in [-0.4, -0.2) is 41.3 Å². The maximum Gasteiger partial charge on any atom is 0.573 e. The van der Waals surface area contributed by atoms with Crippen LogP contribution in [0.25, 0.3) is 0 Å². The van der Waals surface area contributed by atoms with Crippen LogP contribution in [0.15, 0.2) is 48.5 Å². The van der Waals surface area contributed by atoms with E-state index < -0.39 is 23.1 Å². The molecule has 3 heterocycles. The number of halogens is 3. The van der Waals surface area contributed by atoms with Gasteiger partial charge in [-0.25, -0.2) is 0 Å². The van der Waals surface area contributed by atoms with Gasteiger partial charge in [-0.15, -0.1) is 13.2 Å². The molecule has 0 aromatic heterocycles. The number of hydrogen-bond donors (Lipinski definition) is 2. The Kier molecular flexibility index (Phi) is 6.22. The fraction of sp³-hybridized carbons (Fsp3) is 0.536. The van der Waals surface area contributed by atoms with Crippen molar-refractivity contribution >= 4 is 5.97 Å². The van der Waals surface area contributed by atoms with Crippen LogP contribution in [0, 0.1) is 5.92 Å². The second-order valence-electron chi connectivity index (χ2n) is 11.4. The number of benzene rings is 2. The van der Waals surface area contributed by atoms with Crippen molar-refractivity contribution in [2.45, 2.75) is 81.5 Å². The lowest BCUT2D eigenvalue weighted by Gasteiger charge is -2.50. The number of hydrogen-bond acceptors (Lipinski definition) is 6. The zero-order valence-corrected chi connectivity index (χ0v) is 21.1. The van der Waals surface area contributed by atoms with E-state index in [1.54, 1.807) is 0 Å². The fourth-order valence-electron chi connectivity index (χ4n) is 6.46. The van der Waals surface area contributed by atoms with Gasteiger partial charge < -0.3 is 24.6 Å². The number of carbonyl (C=O) groups excluding carboxylic acids is 1. The lowest BCUT2D eigenvalue weighted by atomic mass is 9.67. The highest BCUT2D eigenvalue weighted by Gasteiger charge is 2.66. The van der Waals surface area contributed by atoms with E-state index in [0.717, 1.165) is 11.6 Å². The minimum atomic E-state index is -4.83. The van der Waals surface area contributed by atoms with Crippen molar-refractivity contribution in [1.82, 2.24) is 5.32 Å². The van der Waals surface area contributed by atoms with Crippen molar-refractivity contribution in [3.05, 3.63) is 59.7 Å². The number of ether oxygens (including phenoxy) is 3. The van der Waals surface area contributed by atoms with Crippen LogP contribution in [0.2, 0.25) is 0 Å². The summed E-state index contributed by atoms with van der Waals surface area (Å²) >= 11 is 0. The summed E-state index contributed by atoms with van der Waals surface area (Å²) in [6.07, 6.45) is -2.54. The van der Waals surface area contributed by atoms with Gasteiger partial charge >= 0.3 is 12.3 Å². The van der Waals surface area contributed by atoms with Crippen molar-refractivity contribution in [1.29, 1.82) is 0 Å². The first kappa shape index (κ1) is 25.9. The lowest BCUT2D eigenvalue weighted by molar-refractivity contribution is -0.274. The van der Waals surface area contributed by atoms with Gasteiger partial charge in [0.15, 0.2) is 0 Å². The minimum absolute atomic E-state index is 0.0831. The number of fused-ring (bicyclic) bond motifs is 3. The normalized spacial score (nSPS) is 31.5. The number of rotatable bonds is 4. The van der Waals surface area contributed by atoms with E-state index in [1.165, 1.54) is 12.1 Å². The molecule has 3 saturated heterocycles. The molecule has 9 heteroatoms. The third-order valence-electron chi connectivity index (χ3n) is 7.87. The largest absolute Gasteiger partial charge is 0.573 e. The molecule has 3 fully saturated rings. The molecule has 3 aliphatic heterocycles. The van der Waals surface area contributed by atoms with Crippen LogP contribution < -0.4 is 10.1 Å². The zero-order valence-electron chi connectivity index (χ0n) is 21.1. The van der Waals surface area contributed by atoms with Crippen molar-refractivity contribution < 1.29 is 37.3 Å². The quantitative estimate of drug-likeness (QED) is 0.517. The summed E-state index contributed by atoms with van der Waals surface area (Å²) in [5, 5.41) is 14.3. The molecule has 2 N–H and O–H groups in total. The second kappa shape index (κ2) is 8.91. The molecule has 0 aliphatic carbocycles. The van der Waals surface area contributed by atoms with Gasteiger partial charge in [0, 0.05) is 17.5 Å².